The smallest absolute Gasteiger partial charge is 0.0575 e. The zero-order chi connectivity index (χ0) is 11.5. The van der Waals surface area contributed by atoms with E-state index in [9.17, 15) is 0 Å². The Hall–Kier alpha value is -0.0400. The second-order valence-corrected chi connectivity index (χ2v) is 5.25. The molecule has 1 aliphatic carbocycles. The van der Waals surface area contributed by atoms with Gasteiger partial charge in [0.2, 0.25) is 0 Å². The Morgan fingerprint density at radius 2 is 1.44 bits per heavy atom. The van der Waals surface area contributed by atoms with Gasteiger partial charge in [-0.05, 0) is 19.3 Å². The zero-order valence-corrected chi connectivity index (χ0v) is 11.2. The Balaban J connectivity index is 1.93. The molecule has 1 heteroatoms. The van der Waals surface area contributed by atoms with Crippen molar-refractivity contribution >= 4 is 0 Å². The van der Waals surface area contributed by atoms with Crippen molar-refractivity contribution in [2.75, 3.05) is 6.61 Å². The largest absolute Gasteiger partial charge is 0.378 e. The third-order valence-corrected chi connectivity index (χ3v) is 3.65. The van der Waals surface area contributed by atoms with E-state index in [1.807, 2.05) is 0 Å². The second kappa shape index (κ2) is 10.1. The Bertz CT molecular complexity index is 136. The van der Waals surface area contributed by atoms with Crippen LogP contribution in [0.3, 0.4) is 0 Å². The molecule has 0 spiro atoms. The van der Waals surface area contributed by atoms with E-state index in [2.05, 4.69) is 6.92 Å². The Morgan fingerprint density at radius 3 is 2.12 bits per heavy atom. The molecule has 1 nitrogen and oxygen atoms in total. The van der Waals surface area contributed by atoms with Gasteiger partial charge in [-0.1, -0.05) is 64.7 Å². The first-order valence-corrected chi connectivity index (χ1v) is 7.55. The van der Waals surface area contributed by atoms with E-state index >= 15 is 0 Å². The lowest BCUT2D eigenvalue weighted by atomic mass is 9.98. The van der Waals surface area contributed by atoms with Crippen LogP contribution in [0.1, 0.15) is 84.0 Å². The molecule has 16 heavy (non-hydrogen) atoms. The molecule has 0 aromatic carbocycles. The minimum absolute atomic E-state index is 0.589. The van der Waals surface area contributed by atoms with Crippen molar-refractivity contribution in [1.29, 1.82) is 0 Å². The van der Waals surface area contributed by atoms with Crippen molar-refractivity contribution in [2.24, 2.45) is 0 Å². The highest BCUT2D eigenvalue weighted by molar-refractivity contribution is 4.63. The van der Waals surface area contributed by atoms with Gasteiger partial charge in [0.15, 0.2) is 0 Å². The van der Waals surface area contributed by atoms with Gasteiger partial charge in [0.1, 0.15) is 0 Å². The summed E-state index contributed by atoms with van der Waals surface area (Å²) in [6, 6.07) is 0. The summed E-state index contributed by atoms with van der Waals surface area (Å²) in [6.07, 6.45) is 17.1. The minimum atomic E-state index is 0.589. The summed E-state index contributed by atoms with van der Waals surface area (Å²) in [5, 5.41) is 0. The van der Waals surface area contributed by atoms with Crippen LogP contribution in [0.5, 0.6) is 0 Å². The molecule has 1 fully saturated rings. The molecule has 0 atom stereocenters. The van der Waals surface area contributed by atoms with Gasteiger partial charge < -0.3 is 4.74 Å². The highest BCUT2D eigenvalue weighted by atomic mass is 16.5. The Labute approximate surface area is 102 Å². The molecule has 1 aliphatic rings. The third kappa shape index (κ3) is 7.27. The quantitative estimate of drug-likeness (QED) is 0.550. The Morgan fingerprint density at radius 1 is 0.812 bits per heavy atom. The van der Waals surface area contributed by atoms with Crippen molar-refractivity contribution in [3.05, 3.63) is 0 Å². The topological polar surface area (TPSA) is 9.23 Å². The van der Waals surface area contributed by atoms with Crippen LogP contribution in [0.25, 0.3) is 0 Å². The first-order valence-electron chi connectivity index (χ1n) is 7.55. The predicted molar refractivity (Wildman–Crippen MR) is 70.8 cm³/mol. The third-order valence-electron chi connectivity index (χ3n) is 3.65. The molecule has 1 saturated carbocycles. The zero-order valence-electron chi connectivity index (χ0n) is 11.2. The van der Waals surface area contributed by atoms with Gasteiger partial charge in [0.25, 0.3) is 0 Å². The number of hydrogen-bond donors (Lipinski definition) is 0. The van der Waals surface area contributed by atoms with Gasteiger partial charge >= 0.3 is 0 Å². The van der Waals surface area contributed by atoms with Crippen LogP contribution >= 0.6 is 0 Å². The normalized spacial score (nSPS) is 19.3. The SMILES string of the molecule is CCCCCCCOC1CCCCCCC1. The fourth-order valence-electron chi connectivity index (χ4n) is 2.54. The van der Waals surface area contributed by atoms with Gasteiger partial charge in [-0.25, -0.2) is 0 Å². The first kappa shape index (κ1) is 14.0. The van der Waals surface area contributed by atoms with Crippen molar-refractivity contribution in [3.8, 4) is 0 Å². The summed E-state index contributed by atoms with van der Waals surface area (Å²) in [4.78, 5) is 0. The summed E-state index contributed by atoms with van der Waals surface area (Å²) in [5.41, 5.74) is 0. The molecule has 0 bridgehead atoms. The number of unbranched alkanes of at least 4 members (excludes halogenated alkanes) is 4. The van der Waals surface area contributed by atoms with Crippen molar-refractivity contribution < 1.29 is 4.74 Å². The molecule has 0 radical (unpaired) electrons. The molecular formula is C15H30O. The fourth-order valence-corrected chi connectivity index (χ4v) is 2.54. The van der Waals surface area contributed by atoms with Gasteiger partial charge in [-0.15, -0.1) is 0 Å². The van der Waals surface area contributed by atoms with Crippen LogP contribution in [0.15, 0.2) is 0 Å². The second-order valence-electron chi connectivity index (χ2n) is 5.25. The number of rotatable bonds is 7. The molecule has 0 aliphatic heterocycles. The van der Waals surface area contributed by atoms with E-state index in [0.717, 1.165) is 6.61 Å². The lowest BCUT2D eigenvalue weighted by Crippen LogP contribution is -2.15. The molecule has 0 aromatic heterocycles. The van der Waals surface area contributed by atoms with E-state index in [0.29, 0.717) is 6.10 Å². The average Bonchev–Trinajstić information content (AvgIpc) is 2.25. The summed E-state index contributed by atoms with van der Waals surface area (Å²) in [7, 11) is 0. The summed E-state index contributed by atoms with van der Waals surface area (Å²) in [6.45, 7) is 3.28. The molecule has 96 valence electrons. The maximum atomic E-state index is 6.00. The maximum Gasteiger partial charge on any atom is 0.0575 e. The van der Waals surface area contributed by atoms with E-state index < -0.39 is 0 Å². The highest BCUT2D eigenvalue weighted by Gasteiger charge is 2.10. The van der Waals surface area contributed by atoms with Crippen LogP contribution in [-0.4, -0.2) is 12.7 Å². The summed E-state index contributed by atoms with van der Waals surface area (Å²) in [5.74, 6) is 0. The van der Waals surface area contributed by atoms with Gasteiger partial charge in [0, 0.05) is 6.61 Å². The van der Waals surface area contributed by atoms with Crippen molar-refractivity contribution in [3.63, 3.8) is 0 Å². The highest BCUT2D eigenvalue weighted by Crippen LogP contribution is 2.19. The molecule has 0 heterocycles. The predicted octanol–water partition coefficient (Wildman–Crippen LogP) is 5.09. The van der Waals surface area contributed by atoms with Crippen molar-refractivity contribution in [2.45, 2.75) is 90.1 Å². The van der Waals surface area contributed by atoms with E-state index in [-0.39, 0.29) is 0 Å². The maximum absolute atomic E-state index is 6.00. The van der Waals surface area contributed by atoms with E-state index in [1.54, 1.807) is 0 Å². The lowest BCUT2D eigenvalue weighted by molar-refractivity contribution is 0.0332. The van der Waals surface area contributed by atoms with E-state index in [4.69, 9.17) is 4.74 Å². The van der Waals surface area contributed by atoms with Crippen LogP contribution in [0, 0.1) is 0 Å². The van der Waals surface area contributed by atoms with Crippen LogP contribution in [0.2, 0.25) is 0 Å². The summed E-state index contributed by atoms with van der Waals surface area (Å²) < 4.78 is 6.00. The van der Waals surface area contributed by atoms with Crippen LogP contribution < -0.4 is 0 Å². The monoisotopic (exact) mass is 226 g/mol. The molecular weight excluding hydrogens is 196 g/mol. The van der Waals surface area contributed by atoms with Gasteiger partial charge in [-0.3, -0.25) is 0 Å². The standard InChI is InChI=1S/C15H30O/c1-2-3-4-8-11-14-16-15-12-9-6-5-7-10-13-15/h15H,2-14H2,1H3. The summed E-state index contributed by atoms with van der Waals surface area (Å²) >= 11 is 0. The van der Waals surface area contributed by atoms with Crippen LogP contribution in [0.4, 0.5) is 0 Å². The van der Waals surface area contributed by atoms with Crippen molar-refractivity contribution in [1.82, 2.24) is 0 Å². The van der Waals surface area contributed by atoms with Gasteiger partial charge in [-0.2, -0.15) is 0 Å². The fraction of sp³-hybridized carbons (Fsp3) is 1.00. The Kier molecular flexibility index (Phi) is 8.88. The average molecular weight is 226 g/mol. The molecule has 0 unspecified atom stereocenters. The molecule has 1 rings (SSSR count). The molecule has 0 amide bonds. The van der Waals surface area contributed by atoms with Gasteiger partial charge in [0.05, 0.1) is 6.10 Å². The minimum Gasteiger partial charge on any atom is -0.378 e. The lowest BCUT2D eigenvalue weighted by Gasteiger charge is -2.20. The van der Waals surface area contributed by atoms with Crippen LogP contribution in [-0.2, 0) is 4.74 Å². The number of ether oxygens (including phenoxy) is 1. The van der Waals surface area contributed by atoms with E-state index in [1.165, 1.54) is 77.0 Å². The molecule has 0 aromatic rings. The molecule has 0 saturated heterocycles. The first-order chi connectivity index (χ1) is 7.93. The molecule has 0 N–H and O–H groups in total. The number of hydrogen-bond acceptors (Lipinski definition) is 1.